The number of rotatable bonds is 4. The van der Waals surface area contributed by atoms with Gasteiger partial charge in [0.05, 0.1) is 19.4 Å². The molecule has 3 rings (SSSR count). The van der Waals surface area contributed by atoms with Gasteiger partial charge in [0.1, 0.15) is 0 Å². The molecule has 0 radical (unpaired) electrons. The van der Waals surface area contributed by atoms with Crippen molar-refractivity contribution in [2.75, 3.05) is 19.0 Å². The van der Waals surface area contributed by atoms with E-state index in [1.165, 1.54) is 0 Å². The lowest BCUT2D eigenvalue weighted by Crippen LogP contribution is -2.00. The van der Waals surface area contributed by atoms with Crippen LogP contribution in [0.1, 0.15) is 22.8 Å². The lowest BCUT2D eigenvalue weighted by atomic mass is 10.1. The zero-order valence-electron chi connectivity index (χ0n) is 12.6. The normalized spacial score (nSPS) is 14.6. The number of para-hydroxylation sites is 1. The van der Waals surface area contributed by atoms with Crippen LogP contribution >= 0.6 is 0 Å². The maximum atomic E-state index is 12.3. The zero-order chi connectivity index (χ0) is 15.5. The summed E-state index contributed by atoms with van der Waals surface area (Å²) in [6.07, 6.45) is 1.82. The molecule has 1 aliphatic rings. The SMILES string of the molecule is CCOc1ccc(C=C2Nc3ccccc3C2=O)cc1OC. The lowest BCUT2D eigenvalue weighted by Gasteiger charge is -2.09. The number of ketones is 1. The first-order chi connectivity index (χ1) is 10.7. The van der Waals surface area contributed by atoms with E-state index in [1.807, 2.05) is 55.5 Å². The van der Waals surface area contributed by atoms with E-state index in [1.54, 1.807) is 7.11 Å². The molecule has 0 saturated heterocycles. The summed E-state index contributed by atoms with van der Waals surface area (Å²) in [5, 5.41) is 3.15. The molecule has 112 valence electrons. The van der Waals surface area contributed by atoms with Crippen LogP contribution in [0, 0.1) is 0 Å². The number of anilines is 1. The summed E-state index contributed by atoms with van der Waals surface area (Å²) in [4.78, 5) is 12.3. The highest BCUT2D eigenvalue weighted by molar-refractivity contribution is 6.20. The van der Waals surface area contributed by atoms with Crippen LogP contribution in [-0.2, 0) is 0 Å². The number of hydrogen-bond acceptors (Lipinski definition) is 4. The van der Waals surface area contributed by atoms with Crippen LogP contribution in [0.15, 0.2) is 48.2 Å². The molecular weight excluding hydrogens is 278 g/mol. The molecule has 4 nitrogen and oxygen atoms in total. The number of hydrogen-bond donors (Lipinski definition) is 1. The van der Waals surface area contributed by atoms with Crippen LogP contribution in [0.2, 0.25) is 0 Å². The number of methoxy groups -OCH3 is 1. The Morgan fingerprint density at radius 3 is 2.68 bits per heavy atom. The van der Waals surface area contributed by atoms with Crippen molar-refractivity contribution in [3.05, 3.63) is 59.3 Å². The Hall–Kier alpha value is -2.75. The van der Waals surface area contributed by atoms with E-state index in [-0.39, 0.29) is 5.78 Å². The van der Waals surface area contributed by atoms with Crippen LogP contribution in [0.5, 0.6) is 11.5 Å². The highest BCUT2D eigenvalue weighted by atomic mass is 16.5. The molecule has 0 saturated carbocycles. The summed E-state index contributed by atoms with van der Waals surface area (Å²) in [5.41, 5.74) is 2.99. The largest absolute Gasteiger partial charge is 0.493 e. The summed E-state index contributed by atoms with van der Waals surface area (Å²) < 4.78 is 10.8. The third kappa shape index (κ3) is 2.55. The number of fused-ring (bicyclic) bond motifs is 1. The number of carbonyl (C=O) groups is 1. The molecule has 0 aromatic heterocycles. The van der Waals surface area contributed by atoms with E-state index < -0.39 is 0 Å². The number of allylic oxidation sites excluding steroid dienone is 1. The molecule has 2 aromatic rings. The minimum Gasteiger partial charge on any atom is -0.493 e. The first-order valence-electron chi connectivity index (χ1n) is 7.16. The first kappa shape index (κ1) is 14.2. The first-order valence-corrected chi connectivity index (χ1v) is 7.16. The maximum Gasteiger partial charge on any atom is 0.211 e. The highest BCUT2D eigenvalue weighted by Crippen LogP contribution is 2.31. The van der Waals surface area contributed by atoms with Gasteiger partial charge in [0.15, 0.2) is 11.5 Å². The van der Waals surface area contributed by atoms with E-state index in [2.05, 4.69) is 5.32 Å². The van der Waals surface area contributed by atoms with Crippen LogP contribution in [0.4, 0.5) is 5.69 Å². The predicted molar refractivity (Wildman–Crippen MR) is 86.5 cm³/mol. The Kier molecular flexibility index (Phi) is 3.83. The fraction of sp³-hybridized carbons (Fsp3) is 0.167. The third-order valence-electron chi connectivity index (χ3n) is 3.48. The van der Waals surface area contributed by atoms with Gasteiger partial charge in [-0.05, 0) is 42.8 Å². The summed E-state index contributed by atoms with van der Waals surface area (Å²) in [5.74, 6) is 1.35. The van der Waals surface area contributed by atoms with Crippen molar-refractivity contribution in [1.29, 1.82) is 0 Å². The fourth-order valence-corrected chi connectivity index (χ4v) is 2.45. The Balaban J connectivity index is 1.92. The smallest absolute Gasteiger partial charge is 0.211 e. The molecule has 1 heterocycles. The van der Waals surface area contributed by atoms with Gasteiger partial charge in [0.2, 0.25) is 5.78 Å². The monoisotopic (exact) mass is 295 g/mol. The second kappa shape index (κ2) is 5.93. The average Bonchev–Trinajstić information content (AvgIpc) is 2.85. The minimum atomic E-state index is 0.00320. The van der Waals surface area contributed by atoms with Gasteiger partial charge in [-0.1, -0.05) is 18.2 Å². The van der Waals surface area contributed by atoms with Crippen molar-refractivity contribution < 1.29 is 14.3 Å². The van der Waals surface area contributed by atoms with Gasteiger partial charge in [0, 0.05) is 11.3 Å². The van der Waals surface area contributed by atoms with Crippen LogP contribution < -0.4 is 14.8 Å². The van der Waals surface area contributed by atoms with Gasteiger partial charge >= 0.3 is 0 Å². The minimum absolute atomic E-state index is 0.00320. The fourth-order valence-electron chi connectivity index (χ4n) is 2.45. The summed E-state index contributed by atoms with van der Waals surface area (Å²) in [7, 11) is 1.60. The predicted octanol–water partition coefficient (Wildman–Crippen LogP) is 3.74. The summed E-state index contributed by atoms with van der Waals surface area (Å²) in [6, 6.07) is 13.1. The summed E-state index contributed by atoms with van der Waals surface area (Å²) >= 11 is 0. The van der Waals surface area contributed by atoms with Gasteiger partial charge in [-0.15, -0.1) is 0 Å². The molecule has 0 bridgehead atoms. The van der Waals surface area contributed by atoms with E-state index in [0.717, 1.165) is 11.3 Å². The number of nitrogens with one attached hydrogen (secondary N) is 1. The molecule has 2 aromatic carbocycles. The standard InChI is InChI=1S/C18H17NO3/c1-3-22-16-9-8-12(11-17(16)21-2)10-15-18(20)13-6-4-5-7-14(13)19-15/h4-11,19H,3H2,1-2H3. The third-order valence-corrected chi connectivity index (χ3v) is 3.48. The quantitative estimate of drug-likeness (QED) is 0.873. The second-order valence-electron chi connectivity index (χ2n) is 4.90. The van der Waals surface area contributed by atoms with Gasteiger partial charge in [-0.25, -0.2) is 0 Å². The second-order valence-corrected chi connectivity index (χ2v) is 4.90. The molecular formula is C18H17NO3. The van der Waals surface area contributed by atoms with Gasteiger partial charge in [0.25, 0.3) is 0 Å². The van der Waals surface area contributed by atoms with Crippen molar-refractivity contribution in [3.8, 4) is 11.5 Å². The molecule has 4 heteroatoms. The molecule has 1 N–H and O–H groups in total. The molecule has 0 unspecified atom stereocenters. The molecule has 0 fully saturated rings. The van der Waals surface area contributed by atoms with Crippen molar-refractivity contribution >= 4 is 17.5 Å². The lowest BCUT2D eigenvalue weighted by molar-refractivity contribution is 0.104. The Morgan fingerprint density at radius 1 is 1.14 bits per heavy atom. The van der Waals surface area contributed by atoms with Gasteiger partial charge in [-0.3, -0.25) is 4.79 Å². The van der Waals surface area contributed by atoms with Crippen LogP contribution in [-0.4, -0.2) is 19.5 Å². The van der Waals surface area contributed by atoms with E-state index in [0.29, 0.717) is 29.4 Å². The van der Waals surface area contributed by atoms with Gasteiger partial charge in [-0.2, -0.15) is 0 Å². The number of carbonyl (C=O) groups excluding carboxylic acids is 1. The number of Topliss-reactive ketones (excluding diaryl/α,β-unsaturated/α-hetero) is 1. The Labute approximate surface area is 129 Å². The van der Waals surface area contributed by atoms with E-state index >= 15 is 0 Å². The molecule has 0 aliphatic carbocycles. The maximum absolute atomic E-state index is 12.3. The van der Waals surface area contributed by atoms with Crippen molar-refractivity contribution in [2.45, 2.75) is 6.92 Å². The average molecular weight is 295 g/mol. The van der Waals surface area contributed by atoms with E-state index in [9.17, 15) is 4.79 Å². The van der Waals surface area contributed by atoms with Crippen molar-refractivity contribution in [1.82, 2.24) is 0 Å². The molecule has 0 amide bonds. The molecule has 0 atom stereocenters. The summed E-state index contributed by atoms with van der Waals surface area (Å²) in [6.45, 7) is 2.50. The van der Waals surface area contributed by atoms with Crippen molar-refractivity contribution in [2.24, 2.45) is 0 Å². The zero-order valence-corrected chi connectivity index (χ0v) is 12.6. The Morgan fingerprint density at radius 2 is 1.95 bits per heavy atom. The van der Waals surface area contributed by atoms with Crippen molar-refractivity contribution in [3.63, 3.8) is 0 Å². The molecule has 22 heavy (non-hydrogen) atoms. The number of ether oxygens (including phenoxy) is 2. The topological polar surface area (TPSA) is 47.6 Å². The van der Waals surface area contributed by atoms with Crippen LogP contribution in [0.3, 0.4) is 0 Å². The Bertz CT molecular complexity index is 750. The van der Waals surface area contributed by atoms with Crippen LogP contribution in [0.25, 0.3) is 6.08 Å². The molecule has 0 spiro atoms. The van der Waals surface area contributed by atoms with E-state index in [4.69, 9.17) is 9.47 Å². The number of benzene rings is 2. The van der Waals surface area contributed by atoms with Gasteiger partial charge < -0.3 is 14.8 Å². The highest BCUT2D eigenvalue weighted by Gasteiger charge is 2.23. The molecule has 1 aliphatic heterocycles.